The molecule has 1 aliphatic rings. The molecule has 1 saturated heterocycles. The van der Waals surface area contributed by atoms with Crippen LogP contribution in [0.2, 0.25) is 0 Å². The van der Waals surface area contributed by atoms with Gasteiger partial charge in [-0.2, -0.15) is 0 Å². The second-order valence-electron chi connectivity index (χ2n) is 5.42. The Balaban J connectivity index is 2.00. The average molecular weight is 291 g/mol. The normalized spacial score (nSPS) is 16.6. The fraction of sp³-hybridized carbons (Fsp3) is 0.562. The van der Waals surface area contributed by atoms with Crippen molar-refractivity contribution in [1.82, 2.24) is 0 Å². The standard InChI is InChI=1S/C16H25N3O2/c1-2-5-13(17)12-16(20)18-14-6-3-4-7-15(14)19-8-10-21-11-9-19/h3-4,6-7,13H,2,5,8-12,17H2,1H3,(H,18,20). The van der Waals surface area contributed by atoms with E-state index in [0.29, 0.717) is 6.42 Å². The number of benzene rings is 1. The Morgan fingerprint density at radius 1 is 1.38 bits per heavy atom. The molecule has 0 aliphatic carbocycles. The minimum atomic E-state index is -0.0643. The van der Waals surface area contributed by atoms with Crippen LogP contribution in [0.15, 0.2) is 24.3 Å². The predicted molar refractivity (Wildman–Crippen MR) is 85.6 cm³/mol. The van der Waals surface area contributed by atoms with Gasteiger partial charge in [0, 0.05) is 25.6 Å². The van der Waals surface area contributed by atoms with E-state index in [1.54, 1.807) is 0 Å². The van der Waals surface area contributed by atoms with Crippen LogP contribution in [0.25, 0.3) is 0 Å². The Kier molecular flexibility index (Phi) is 6.02. The molecule has 1 aromatic carbocycles. The largest absolute Gasteiger partial charge is 0.378 e. The highest BCUT2D eigenvalue weighted by Gasteiger charge is 2.16. The SMILES string of the molecule is CCCC(N)CC(=O)Nc1ccccc1N1CCOCC1. The molecule has 0 bridgehead atoms. The summed E-state index contributed by atoms with van der Waals surface area (Å²) in [6, 6.07) is 7.83. The van der Waals surface area contributed by atoms with Gasteiger partial charge in [-0.15, -0.1) is 0 Å². The molecule has 1 aliphatic heterocycles. The maximum atomic E-state index is 12.1. The predicted octanol–water partition coefficient (Wildman–Crippen LogP) is 1.98. The zero-order valence-electron chi connectivity index (χ0n) is 12.7. The molecule has 0 radical (unpaired) electrons. The van der Waals surface area contributed by atoms with E-state index in [1.165, 1.54) is 0 Å². The lowest BCUT2D eigenvalue weighted by Gasteiger charge is -2.30. The third-order valence-corrected chi connectivity index (χ3v) is 3.64. The van der Waals surface area contributed by atoms with Crippen molar-refractivity contribution in [2.45, 2.75) is 32.2 Å². The minimum Gasteiger partial charge on any atom is -0.378 e. The third kappa shape index (κ3) is 4.72. The van der Waals surface area contributed by atoms with E-state index in [9.17, 15) is 4.79 Å². The third-order valence-electron chi connectivity index (χ3n) is 3.64. The Morgan fingerprint density at radius 3 is 2.81 bits per heavy atom. The van der Waals surface area contributed by atoms with E-state index in [0.717, 1.165) is 50.5 Å². The second-order valence-corrected chi connectivity index (χ2v) is 5.42. The molecule has 1 unspecified atom stereocenters. The number of anilines is 2. The number of carbonyl (C=O) groups is 1. The van der Waals surface area contributed by atoms with E-state index in [2.05, 4.69) is 17.1 Å². The van der Waals surface area contributed by atoms with Crippen LogP contribution in [0.3, 0.4) is 0 Å². The van der Waals surface area contributed by atoms with Crippen molar-refractivity contribution in [3.8, 4) is 0 Å². The average Bonchev–Trinajstić information content (AvgIpc) is 2.48. The number of carbonyl (C=O) groups excluding carboxylic acids is 1. The molecule has 2 rings (SSSR count). The van der Waals surface area contributed by atoms with Gasteiger partial charge in [-0.3, -0.25) is 4.79 Å². The summed E-state index contributed by atoms with van der Waals surface area (Å²) >= 11 is 0. The molecule has 1 amide bonds. The first-order valence-corrected chi connectivity index (χ1v) is 7.68. The molecule has 1 aromatic rings. The zero-order valence-corrected chi connectivity index (χ0v) is 12.7. The fourth-order valence-electron chi connectivity index (χ4n) is 2.57. The van der Waals surface area contributed by atoms with Crippen molar-refractivity contribution >= 4 is 17.3 Å². The van der Waals surface area contributed by atoms with Crippen LogP contribution >= 0.6 is 0 Å². The number of amides is 1. The Labute approximate surface area is 126 Å². The van der Waals surface area contributed by atoms with Crippen LogP contribution in [0.1, 0.15) is 26.2 Å². The Hall–Kier alpha value is -1.59. The number of rotatable bonds is 6. The molecular formula is C16H25N3O2. The summed E-state index contributed by atoms with van der Waals surface area (Å²) in [7, 11) is 0. The van der Waals surface area contributed by atoms with Gasteiger partial charge in [0.15, 0.2) is 0 Å². The van der Waals surface area contributed by atoms with E-state index in [1.807, 2.05) is 24.3 Å². The highest BCUT2D eigenvalue weighted by molar-refractivity contribution is 5.94. The number of hydrogen-bond acceptors (Lipinski definition) is 4. The maximum Gasteiger partial charge on any atom is 0.225 e. The summed E-state index contributed by atoms with van der Waals surface area (Å²) < 4.78 is 5.38. The fourth-order valence-corrected chi connectivity index (χ4v) is 2.57. The van der Waals surface area contributed by atoms with Gasteiger partial charge in [0.2, 0.25) is 5.91 Å². The number of hydrogen-bond donors (Lipinski definition) is 2. The molecule has 5 nitrogen and oxygen atoms in total. The van der Waals surface area contributed by atoms with Crippen LogP contribution < -0.4 is 16.0 Å². The first-order chi connectivity index (χ1) is 10.2. The van der Waals surface area contributed by atoms with Crippen LogP contribution in [0, 0.1) is 0 Å². The molecule has 1 atom stereocenters. The van der Waals surface area contributed by atoms with Crippen molar-refractivity contribution in [2.24, 2.45) is 5.73 Å². The monoisotopic (exact) mass is 291 g/mol. The molecule has 5 heteroatoms. The number of ether oxygens (including phenoxy) is 1. The van der Waals surface area contributed by atoms with E-state index in [4.69, 9.17) is 10.5 Å². The molecule has 1 heterocycles. The molecule has 21 heavy (non-hydrogen) atoms. The zero-order chi connectivity index (χ0) is 15.1. The first kappa shape index (κ1) is 15.8. The van der Waals surface area contributed by atoms with E-state index < -0.39 is 0 Å². The summed E-state index contributed by atoms with van der Waals surface area (Å²) in [5.41, 5.74) is 7.84. The van der Waals surface area contributed by atoms with Crippen LogP contribution in [-0.2, 0) is 9.53 Å². The molecule has 3 N–H and O–H groups in total. The van der Waals surface area contributed by atoms with Crippen LogP contribution in [-0.4, -0.2) is 38.3 Å². The van der Waals surface area contributed by atoms with Crippen molar-refractivity contribution in [2.75, 3.05) is 36.5 Å². The number of nitrogens with two attached hydrogens (primary N) is 1. The Bertz CT molecular complexity index is 459. The van der Waals surface area contributed by atoms with Crippen molar-refractivity contribution in [1.29, 1.82) is 0 Å². The minimum absolute atomic E-state index is 0.0170. The van der Waals surface area contributed by atoms with Crippen LogP contribution in [0.4, 0.5) is 11.4 Å². The van der Waals surface area contributed by atoms with E-state index in [-0.39, 0.29) is 11.9 Å². The van der Waals surface area contributed by atoms with Gasteiger partial charge in [-0.25, -0.2) is 0 Å². The summed E-state index contributed by atoms with van der Waals surface area (Å²) in [5, 5.41) is 3.00. The highest BCUT2D eigenvalue weighted by atomic mass is 16.5. The number of morpholine rings is 1. The molecular weight excluding hydrogens is 266 g/mol. The lowest BCUT2D eigenvalue weighted by Crippen LogP contribution is -2.37. The molecule has 0 spiro atoms. The summed E-state index contributed by atoms with van der Waals surface area (Å²) in [4.78, 5) is 14.3. The lowest BCUT2D eigenvalue weighted by molar-refractivity contribution is -0.116. The van der Waals surface area contributed by atoms with Crippen molar-refractivity contribution < 1.29 is 9.53 Å². The number of para-hydroxylation sites is 2. The van der Waals surface area contributed by atoms with Gasteiger partial charge < -0.3 is 20.7 Å². The summed E-state index contributed by atoms with van der Waals surface area (Å²) in [5.74, 6) is -0.0170. The summed E-state index contributed by atoms with van der Waals surface area (Å²) in [6.45, 7) is 5.23. The quantitative estimate of drug-likeness (QED) is 0.841. The maximum absolute atomic E-state index is 12.1. The molecule has 0 aromatic heterocycles. The van der Waals surface area contributed by atoms with Crippen molar-refractivity contribution in [3.05, 3.63) is 24.3 Å². The van der Waals surface area contributed by atoms with Gasteiger partial charge in [-0.05, 0) is 18.6 Å². The van der Waals surface area contributed by atoms with Gasteiger partial charge in [0.05, 0.1) is 24.6 Å². The number of nitrogens with zero attached hydrogens (tertiary/aromatic N) is 1. The Morgan fingerprint density at radius 2 is 2.10 bits per heavy atom. The lowest BCUT2D eigenvalue weighted by atomic mass is 10.1. The topological polar surface area (TPSA) is 67.6 Å². The first-order valence-electron chi connectivity index (χ1n) is 7.68. The van der Waals surface area contributed by atoms with Gasteiger partial charge >= 0.3 is 0 Å². The van der Waals surface area contributed by atoms with Gasteiger partial charge in [0.1, 0.15) is 0 Å². The van der Waals surface area contributed by atoms with Gasteiger partial charge in [0.25, 0.3) is 0 Å². The molecule has 0 saturated carbocycles. The van der Waals surface area contributed by atoms with Gasteiger partial charge in [-0.1, -0.05) is 25.5 Å². The number of nitrogens with one attached hydrogen (secondary N) is 1. The molecule has 1 fully saturated rings. The molecule has 116 valence electrons. The summed E-state index contributed by atoms with van der Waals surface area (Å²) in [6.07, 6.45) is 2.24. The van der Waals surface area contributed by atoms with Crippen molar-refractivity contribution in [3.63, 3.8) is 0 Å². The smallest absolute Gasteiger partial charge is 0.225 e. The van der Waals surface area contributed by atoms with E-state index >= 15 is 0 Å². The van der Waals surface area contributed by atoms with Crippen LogP contribution in [0.5, 0.6) is 0 Å². The highest BCUT2D eigenvalue weighted by Crippen LogP contribution is 2.26. The second kappa shape index (κ2) is 8.00.